The molecular weight excluding hydrogens is 425 g/mol. The Morgan fingerprint density at radius 3 is 2.82 bits per heavy atom. The lowest BCUT2D eigenvalue weighted by Gasteiger charge is -2.23. The van der Waals surface area contributed by atoms with Crippen molar-refractivity contribution in [1.29, 1.82) is 0 Å². The zero-order valence-corrected chi connectivity index (χ0v) is 17.2. The fraction of sp³-hybridized carbons (Fsp3) is 0.286. The normalized spacial score (nSPS) is 16.8. The predicted molar refractivity (Wildman–Crippen MR) is 106 cm³/mol. The molecule has 0 N–H and O–H groups in total. The van der Waals surface area contributed by atoms with Crippen LogP contribution < -0.4 is 0 Å². The first-order valence-electron chi connectivity index (χ1n) is 9.07. The minimum absolute atomic E-state index is 0.0780. The highest BCUT2D eigenvalue weighted by molar-refractivity contribution is 9.10. The maximum absolute atomic E-state index is 13.5. The molecule has 0 saturated carbocycles. The second kappa shape index (κ2) is 7.47. The van der Waals surface area contributed by atoms with E-state index in [0.717, 1.165) is 11.1 Å². The van der Waals surface area contributed by atoms with Crippen LogP contribution in [-0.2, 0) is 11.3 Å². The number of aromatic nitrogens is 2. The smallest absolute Gasteiger partial charge is 0.249 e. The third-order valence-corrected chi connectivity index (χ3v) is 5.68. The molecule has 1 atom stereocenters. The van der Waals surface area contributed by atoms with Gasteiger partial charge in [-0.05, 0) is 65.5 Å². The Bertz CT molecular complexity index is 1050. The van der Waals surface area contributed by atoms with Gasteiger partial charge in [0.1, 0.15) is 11.9 Å². The lowest BCUT2D eigenvalue weighted by atomic mass is 10.0. The van der Waals surface area contributed by atoms with E-state index < -0.39 is 0 Å². The van der Waals surface area contributed by atoms with Gasteiger partial charge in [0.15, 0.2) is 0 Å². The number of rotatable bonds is 4. The Balaban J connectivity index is 1.60. The predicted octanol–water partition coefficient (Wildman–Crippen LogP) is 5.12. The molecule has 0 radical (unpaired) electrons. The number of nitrogens with zero attached hydrogens (tertiary/aromatic N) is 3. The summed E-state index contributed by atoms with van der Waals surface area (Å²) < 4.78 is 19.3. The molecule has 7 heteroatoms. The summed E-state index contributed by atoms with van der Waals surface area (Å²) in [5.74, 6) is 0.510. The van der Waals surface area contributed by atoms with E-state index in [1.54, 1.807) is 17.0 Å². The molecule has 28 heavy (non-hydrogen) atoms. The van der Waals surface area contributed by atoms with Gasteiger partial charge in [-0.1, -0.05) is 28.9 Å². The number of carbonyl (C=O) groups excluding carboxylic acids is 1. The number of amides is 1. The number of likely N-dealkylation sites (tertiary alicyclic amines) is 1. The van der Waals surface area contributed by atoms with Crippen LogP contribution in [0.25, 0.3) is 11.4 Å². The SMILES string of the molecule is Cc1ccc(CN2C(=O)CCC2c2nc(-c3ccc(F)c(Br)c3)no2)c(C)c1. The summed E-state index contributed by atoms with van der Waals surface area (Å²) >= 11 is 3.17. The van der Waals surface area contributed by atoms with E-state index in [4.69, 9.17) is 4.52 Å². The number of carbonyl (C=O) groups is 1. The van der Waals surface area contributed by atoms with Gasteiger partial charge in [-0.15, -0.1) is 0 Å². The Kier molecular flexibility index (Phi) is 5.02. The molecule has 1 aromatic heterocycles. The molecule has 2 aromatic carbocycles. The molecule has 1 aliphatic heterocycles. The van der Waals surface area contributed by atoms with Crippen LogP contribution in [0, 0.1) is 19.7 Å². The number of hydrogen-bond acceptors (Lipinski definition) is 4. The quantitative estimate of drug-likeness (QED) is 0.561. The molecule has 1 fully saturated rings. The molecule has 3 aromatic rings. The van der Waals surface area contributed by atoms with Gasteiger partial charge in [-0.3, -0.25) is 4.79 Å². The van der Waals surface area contributed by atoms with Crippen molar-refractivity contribution in [1.82, 2.24) is 15.0 Å². The second-order valence-corrected chi connectivity index (χ2v) is 7.95. The van der Waals surface area contributed by atoms with Gasteiger partial charge in [0.05, 0.1) is 4.47 Å². The Labute approximate surface area is 170 Å². The number of hydrogen-bond donors (Lipinski definition) is 0. The molecule has 144 valence electrons. The van der Waals surface area contributed by atoms with E-state index in [-0.39, 0.29) is 17.8 Å². The first-order chi connectivity index (χ1) is 13.4. The van der Waals surface area contributed by atoms with Crippen molar-refractivity contribution in [2.75, 3.05) is 0 Å². The van der Waals surface area contributed by atoms with Crippen molar-refractivity contribution in [3.05, 3.63) is 69.3 Å². The lowest BCUT2D eigenvalue weighted by Crippen LogP contribution is -2.27. The molecule has 4 rings (SSSR count). The van der Waals surface area contributed by atoms with E-state index >= 15 is 0 Å². The van der Waals surface area contributed by atoms with Gasteiger partial charge in [0, 0.05) is 18.5 Å². The first kappa shape index (κ1) is 18.8. The van der Waals surface area contributed by atoms with Crippen molar-refractivity contribution in [2.24, 2.45) is 0 Å². The van der Waals surface area contributed by atoms with Crippen LogP contribution in [0.3, 0.4) is 0 Å². The van der Waals surface area contributed by atoms with Gasteiger partial charge >= 0.3 is 0 Å². The summed E-state index contributed by atoms with van der Waals surface area (Å²) in [6.45, 7) is 4.61. The van der Waals surface area contributed by atoms with Crippen LogP contribution in [0.15, 0.2) is 45.4 Å². The van der Waals surface area contributed by atoms with E-state index in [0.29, 0.717) is 41.1 Å². The van der Waals surface area contributed by atoms with E-state index in [1.807, 2.05) is 6.92 Å². The van der Waals surface area contributed by atoms with Crippen molar-refractivity contribution in [3.8, 4) is 11.4 Å². The highest BCUT2D eigenvalue weighted by Gasteiger charge is 2.36. The van der Waals surface area contributed by atoms with Crippen molar-refractivity contribution in [2.45, 2.75) is 39.3 Å². The minimum Gasteiger partial charge on any atom is -0.337 e. The average molecular weight is 444 g/mol. The van der Waals surface area contributed by atoms with Gasteiger partial charge in [-0.2, -0.15) is 4.98 Å². The fourth-order valence-corrected chi connectivity index (χ4v) is 3.90. The summed E-state index contributed by atoms with van der Waals surface area (Å²) in [4.78, 5) is 18.8. The zero-order chi connectivity index (χ0) is 19.8. The molecule has 1 aliphatic rings. The molecule has 1 unspecified atom stereocenters. The third-order valence-electron chi connectivity index (χ3n) is 5.07. The Hall–Kier alpha value is -2.54. The number of halogens is 2. The number of benzene rings is 2. The fourth-order valence-electron chi connectivity index (χ4n) is 3.52. The van der Waals surface area contributed by atoms with Gasteiger partial charge in [0.2, 0.25) is 17.6 Å². The largest absolute Gasteiger partial charge is 0.337 e. The van der Waals surface area contributed by atoms with E-state index in [2.05, 4.69) is 51.2 Å². The summed E-state index contributed by atoms with van der Waals surface area (Å²) in [6, 6.07) is 10.5. The highest BCUT2D eigenvalue weighted by Crippen LogP contribution is 2.35. The standard InChI is InChI=1S/C21H19BrFN3O2/c1-12-3-4-15(13(2)9-12)11-26-18(7-8-19(26)27)21-24-20(25-28-21)14-5-6-17(23)16(22)10-14/h3-6,9-10,18H,7-8,11H2,1-2H3. The molecule has 0 bridgehead atoms. The number of aryl methyl sites for hydroxylation is 2. The Morgan fingerprint density at radius 1 is 1.25 bits per heavy atom. The second-order valence-electron chi connectivity index (χ2n) is 7.09. The molecule has 1 saturated heterocycles. The summed E-state index contributed by atoms with van der Waals surface area (Å²) in [7, 11) is 0. The minimum atomic E-state index is -0.353. The maximum Gasteiger partial charge on any atom is 0.249 e. The van der Waals surface area contributed by atoms with E-state index in [9.17, 15) is 9.18 Å². The van der Waals surface area contributed by atoms with Crippen LogP contribution in [0.5, 0.6) is 0 Å². The summed E-state index contributed by atoms with van der Waals surface area (Å²) in [5.41, 5.74) is 4.10. The molecular formula is C21H19BrFN3O2. The summed E-state index contributed by atoms with van der Waals surface area (Å²) in [5, 5.41) is 4.03. The van der Waals surface area contributed by atoms with Crippen LogP contribution >= 0.6 is 15.9 Å². The van der Waals surface area contributed by atoms with Crippen molar-refractivity contribution in [3.63, 3.8) is 0 Å². The van der Waals surface area contributed by atoms with Crippen molar-refractivity contribution >= 4 is 21.8 Å². The highest BCUT2D eigenvalue weighted by atomic mass is 79.9. The van der Waals surface area contributed by atoms with Crippen molar-refractivity contribution < 1.29 is 13.7 Å². The van der Waals surface area contributed by atoms with Gasteiger partial charge in [-0.25, -0.2) is 4.39 Å². The monoisotopic (exact) mass is 443 g/mol. The van der Waals surface area contributed by atoms with Gasteiger partial charge in [0.25, 0.3) is 0 Å². The Morgan fingerprint density at radius 2 is 2.07 bits per heavy atom. The average Bonchev–Trinajstić information content (AvgIpc) is 3.27. The van der Waals surface area contributed by atoms with Crippen LogP contribution in [0.2, 0.25) is 0 Å². The third kappa shape index (κ3) is 3.58. The van der Waals surface area contributed by atoms with Crippen LogP contribution in [0.4, 0.5) is 4.39 Å². The molecule has 5 nitrogen and oxygen atoms in total. The topological polar surface area (TPSA) is 59.2 Å². The molecule has 1 amide bonds. The molecule has 2 heterocycles. The lowest BCUT2D eigenvalue weighted by molar-refractivity contribution is -0.130. The molecule has 0 spiro atoms. The zero-order valence-electron chi connectivity index (χ0n) is 15.6. The first-order valence-corrected chi connectivity index (χ1v) is 9.86. The van der Waals surface area contributed by atoms with E-state index in [1.165, 1.54) is 11.6 Å². The van der Waals surface area contributed by atoms with Crippen LogP contribution in [0.1, 0.15) is 41.5 Å². The molecule has 0 aliphatic carbocycles. The van der Waals surface area contributed by atoms with Crippen LogP contribution in [-0.4, -0.2) is 20.9 Å². The maximum atomic E-state index is 13.5. The van der Waals surface area contributed by atoms with Gasteiger partial charge < -0.3 is 9.42 Å². The summed E-state index contributed by atoms with van der Waals surface area (Å²) in [6.07, 6.45) is 1.09.